The Balaban J connectivity index is 2.29. The fraction of sp³-hybridized carbons (Fsp3) is 0.294. The summed E-state index contributed by atoms with van der Waals surface area (Å²) in [5.74, 6) is 0.357. The van der Waals surface area contributed by atoms with E-state index < -0.39 is 0 Å². The summed E-state index contributed by atoms with van der Waals surface area (Å²) in [4.78, 5) is 0. The lowest BCUT2D eigenvalue weighted by atomic mass is 9.89. The number of benzene rings is 2. The van der Waals surface area contributed by atoms with Crippen LogP contribution in [0.25, 0.3) is 0 Å². The fourth-order valence-electron chi connectivity index (χ4n) is 2.41. The molecule has 100 valence electrons. The van der Waals surface area contributed by atoms with Gasteiger partial charge in [-0.25, -0.2) is 0 Å². The standard InChI is InChI=1S/C17H20BrN/c1-12-7-8-13(2)14(9-12)10-15(11-19)16-5-3-4-6-17(16)18/h3-9,15H,10-11,19H2,1-2H3. The highest BCUT2D eigenvalue weighted by Crippen LogP contribution is 2.28. The SMILES string of the molecule is Cc1ccc(C)c(CC(CN)c2ccccc2Br)c1. The summed E-state index contributed by atoms with van der Waals surface area (Å²) in [5, 5.41) is 0. The first-order valence-corrected chi connectivity index (χ1v) is 7.41. The number of hydrogen-bond donors (Lipinski definition) is 1. The summed E-state index contributed by atoms with van der Waals surface area (Å²) in [6.07, 6.45) is 0.993. The van der Waals surface area contributed by atoms with E-state index in [1.165, 1.54) is 22.3 Å². The highest BCUT2D eigenvalue weighted by molar-refractivity contribution is 9.10. The predicted molar refractivity (Wildman–Crippen MR) is 85.6 cm³/mol. The molecule has 2 N–H and O–H groups in total. The van der Waals surface area contributed by atoms with Gasteiger partial charge in [0.05, 0.1) is 0 Å². The van der Waals surface area contributed by atoms with Gasteiger partial charge in [0.1, 0.15) is 0 Å². The third kappa shape index (κ3) is 3.46. The van der Waals surface area contributed by atoms with E-state index in [9.17, 15) is 0 Å². The molecule has 0 fully saturated rings. The van der Waals surface area contributed by atoms with Crippen LogP contribution in [0.2, 0.25) is 0 Å². The molecule has 0 spiro atoms. The normalized spacial score (nSPS) is 12.4. The molecule has 0 aliphatic rings. The van der Waals surface area contributed by atoms with Gasteiger partial charge < -0.3 is 5.73 Å². The second kappa shape index (κ2) is 6.36. The number of hydrogen-bond acceptors (Lipinski definition) is 1. The minimum atomic E-state index is 0.357. The lowest BCUT2D eigenvalue weighted by molar-refractivity contribution is 0.688. The van der Waals surface area contributed by atoms with E-state index in [-0.39, 0.29) is 0 Å². The van der Waals surface area contributed by atoms with E-state index in [0.717, 1.165) is 10.9 Å². The van der Waals surface area contributed by atoms with Crippen molar-refractivity contribution in [3.05, 3.63) is 69.2 Å². The molecule has 0 bridgehead atoms. The Bertz CT molecular complexity index is 563. The molecular formula is C17H20BrN. The minimum absolute atomic E-state index is 0.357. The van der Waals surface area contributed by atoms with E-state index in [1.807, 2.05) is 6.07 Å². The molecule has 1 unspecified atom stereocenters. The van der Waals surface area contributed by atoms with Crippen molar-refractivity contribution in [2.24, 2.45) is 5.73 Å². The van der Waals surface area contributed by atoms with Gasteiger partial charge in [-0.3, -0.25) is 0 Å². The van der Waals surface area contributed by atoms with Crippen LogP contribution in [0.15, 0.2) is 46.9 Å². The highest BCUT2D eigenvalue weighted by Gasteiger charge is 2.14. The Morgan fingerprint density at radius 3 is 2.53 bits per heavy atom. The zero-order valence-corrected chi connectivity index (χ0v) is 13.1. The molecule has 2 aromatic rings. The summed E-state index contributed by atoms with van der Waals surface area (Å²) in [6, 6.07) is 15.0. The van der Waals surface area contributed by atoms with Crippen LogP contribution in [-0.4, -0.2) is 6.54 Å². The topological polar surface area (TPSA) is 26.0 Å². The third-order valence-corrected chi connectivity index (χ3v) is 4.32. The average Bonchev–Trinajstić information content (AvgIpc) is 2.41. The summed E-state index contributed by atoms with van der Waals surface area (Å²) >= 11 is 3.63. The second-order valence-electron chi connectivity index (χ2n) is 5.09. The quantitative estimate of drug-likeness (QED) is 0.891. The van der Waals surface area contributed by atoms with E-state index in [4.69, 9.17) is 5.73 Å². The highest BCUT2D eigenvalue weighted by atomic mass is 79.9. The molecule has 2 aromatic carbocycles. The van der Waals surface area contributed by atoms with Crippen molar-refractivity contribution >= 4 is 15.9 Å². The van der Waals surface area contributed by atoms with Gasteiger partial charge in [0.25, 0.3) is 0 Å². The second-order valence-corrected chi connectivity index (χ2v) is 5.94. The summed E-state index contributed by atoms with van der Waals surface area (Å²) in [5.41, 5.74) is 11.3. The van der Waals surface area contributed by atoms with Gasteiger partial charge in [0, 0.05) is 10.4 Å². The molecule has 2 heteroatoms. The van der Waals surface area contributed by atoms with Crippen molar-refractivity contribution in [1.82, 2.24) is 0 Å². The molecule has 0 radical (unpaired) electrons. The van der Waals surface area contributed by atoms with E-state index >= 15 is 0 Å². The summed E-state index contributed by atoms with van der Waals surface area (Å²) in [6.45, 7) is 4.97. The van der Waals surface area contributed by atoms with Gasteiger partial charge in [-0.1, -0.05) is 57.9 Å². The maximum absolute atomic E-state index is 5.99. The van der Waals surface area contributed by atoms with Gasteiger partial charge in [-0.2, -0.15) is 0 Å². The minimum Gasteiger partial charge on any atom is -0.330 e. The van der Waals surface area contributed by atoms with Crippen LogP contribution >= 0.6 is 15.9 Å². The first-order valence-electron chi connectivity index (χ1n) is 6.62. The van der Waals surface area contributed by atoms with Crippen molar-refractivity contribution in [2.75, 3.05) is 6.54 Å². The van der Waals surface area contributed by atoms with Crippen LogP contribution in [-0.2, 0) is 6.42 Å². The number of aryl methyl sites for hydroxylation is 2. The molecule has 0 aromatic heterocycles. The van der Waals surface area contributed by atoms with Crippen molar-refractivity contribution < 1.29 is 0 Å². The molecular weight excluding hydrogens is 298 g/mol. The van der Waals surface area contributed by atoms with Gasteiger partial charge in [-0.15, -0.1) is 0 Å². The Morgan fingerprint density at radius 1 is 1.11 bits per heavy atom. The third-order valence-electron chi connectivity index (χ3n) is 3.60. The van der Waals surface area contributed by atoms with E-state index in [1.54, 1.807) is 0 Å². The number of halogens is 1. The molecule has 2 rings (SSSR count). The van der Waals surface area contributed by atoms with Crippen LogP contribution in [0.4, 0.5) is 0 Å². The Kier molecular flexibility index (Phi) is 4.78. The lowest BCUT2D eigenvalue weighted by Crippen LogP contribution is -2.16. The zero-order valence-electron chi connectivity index (χ0n) is 11.5. The molecule has 0 aliphatic heterocycles. The molecule has 1 atom stereocenters. The molecule has 1 nitrogen and oxygen atoms in total. The van der Waals surface area contributed by atoms with Gasteiger partial charge in [-0.05, 0) is 49.6 Å². The van der Waals surface area contributed by atoms with Gasteiger partial charge in [0.15, 0.2) is 0 Å². The van der Waals surface area contributed by atoms with Crippen molar-refractivity contribution in [3.63, 3.8) is 0 Å². The summed E-state index contributed by atoms with van der Waals surface area (Å²) in [7, 11) is 0. The number of nitrogens with two attached hydrogens (primary N) is 1. The maximum atomic E-state index is 5.99. The predicted octanol–water partition coefficient (Wildman–Crippen LogP) is 4.35. The first kappa shape index (κ1) is 14.3. The molecule has 0 aliphatic carbocycles. The van der Waals surface area contributed by atoms with Crippen LogP contribution in [0, 0.1) is 13.8 Å². The Hall–Kier alpha value is -1.12. The molecule has 0 amide bonds. The van der Waals surface area contributed by atoms with E-state index in [0.29, 0.717) is 12.5 Å². The monoisotopic (exact) mass is 317 g/mol. The smallest absolute Gasteiger partial charge is 0.0210 e. The van der Waals surface area contributed by atoms with Crippen LogP contribution in [0.5, 0.6) is 0 Å². The number of rotatable bonds is 4. The Morgan fingerprint density at radius 2 is 1.84 bits per heavy atom. The molecule has 19 heavy (non-hydrogen) atoms. The average molecular weight is 318 g/mol. The Labute approximate surface area is 124 Å². The molecule has 0 saturated carbocycles. The largest absolute Gasteiger partial charge is 0.330 e. The van der Waals surface area contributed by atoms with Crippen LogP contribution in [0.1, 0.15) is 28.2 Å². The molecule has 0 heterocycles. The zero-order chi connectivity index (χ0) is 13.8. The molecule has 0 saturated heterocycles. The van der Waals surface area contributed by atoms with Crippen molar-refractivity contribution in [1.29, 1.82) is 0 Å². The first-order chi connectivity index (χ1) is 9.11. The van der Waals surface area contributed by atoms with Crippen molar-refractivity contribution in [3.8, 4) is 0 Å². The fourth-order valence-corrected chi connectivity index (χ4v) is 3.02. The maximum Gasteiger partial charge on any atom is 0.0210 e. The van der Waals surface area contributed by atoms with Gasteiger partial charge >= 0.3 is 0 Å². The van der Waals surface area contributed by atoms with Gasteiger partial charge in [0.2, 0.25) is 0 Å². The van der Waals surface area contributed by atoms with E-state index in [2.05, 4.69) is 66.2 Å². The summed E-state index contributed by atoms with van der Waals surface area (Å²) < 4.78 is 1.15. The van der Waals surface area contributed by atoms with Crippen LogP contribution in [0.3, 0.4) is 0 Å². The van der Waals surface area contributed by atoms with Crippen LogP contribution < -0.4 is 5.73 Å². The van der Waals surface area contributed by atoms with Crippen molar-refractivity contribution in [2.45, 2.75) is 26.2 Å². The lowest BCUT2D eigenvalue weighted by Gasteiger charge is -2.18.